The van der Waals surface area contributed by atoms with E-state index in [1.165, 1.54) is 10.8 Å². The SMILES string of the molecule is Cc1cn(Cc2cc([C@H](Cc3ccccc3)NC(=O)OC(C)(C)C)no2)c(=O)[nH]c1=O. The molecule has 2 aromatic heterocycles. The van der Waals surface area contributed by atoms with Gasteiger partial charge in [-0.25, -0.2) is 9.59 Å². The van der Waals surface area contributed by atoms with Crippen molar-refractivity contribution in [1.82, 2.24) is 20.0 Å². The van der Waals surface area contributed by atoms with Gasteiger partial charge in [0.1, 0.15) is 11.3 Å². The number of benzene rings is 1. The second kappa shape index (κ2) is 9.03. The molecule has 0 aliphatic carbocycles. The first-order valence-electron chi connectivity index (χ1n) is 9.90. The first-order valence-corrected chi connectivity index (χ1v) is 9.90. The number of aromatic amines is 1. The third kappa shape index (κ3) is 6.18. The van der Waals surface area contributed by atoms with E-state index in [1.807, 2.05) is 30.3 Å². The van der Waals surface area contributed by atoms with Crippen LogP contribution < -0.4 is 16.6 Å². The Kier molecular flexibility index (Phi) is 6.43. The lowest BCUT2D eigenvalue weighted by Crippen LogP contribution is -2.36. The highest BCUT2D eigenvalue weighted by molar-refractivity contribution is 5.68. The molecule has 1 atom stereocenters. The molecule has 0 aliphatic heterocycles. The highest BCUT2D eigenvalue weighted by Crippen LogP contribution is 2.20. The molecule has 2 N–H and O–H groups in total. The summed E-state index contributed by atoms with van der Waals surface area (Å²) < 4.78 is 12.1. The van der Waals surface area contributed by atoms with Crippen LogP contribution in [-0.4, -0.2) is 26.4 Å². The molecule has 1 amide bonds. The number of amides is 1. The molecule has 0 radical (unpaired) electrons. The number of H-pyrrole nitrogens is 1. The number of ether oxygens (including phenoxy) is 1. The molecule has 0 bridgehead atoms. The minimum absolute atomic E-state index is 0.0912. The number of rotatable bonds is 6. The summed E-state index contributed by atoms with van der Waals surface area (Å²) >= 11 is 0. The van der Waals surface area contributed by atoms with Crippen LogP contribution >= 0.6 is 0 Å². The maximum atomic E-state index is 12.4. The molecule has 31 heavy (non-hydrogen) atoms. The van der Waals surface area contributed by atoms with Gasteiger partial charge < -0.3 is 14.6 Å². The van der Waals surface area contributed by atoms with Gasteiger partial charge in [0, 0.05) is 17.8 Å². The van der Waals surface area contributed by atoms with Crippen molar-refractivity contribution in [2.24, 2.45) is 0 Å². The van der Waals surface area contributed by atoms with Gasteiger partial charge in [-0.1, -0.05) is 35.5 Å². The van der Waals surface area contributed by atoms with E-state index in [0.717, 1.165) is 5.56 Å². The van der Waals surface area contributed by atoms with Crippen molar-refractivity contribution in [3.8, 4) is 0 Å². The summed E-state index contributed by atoms with van der Waals surface area (Å²) in [6.45, 7) is 7.07. The molecule has 1 aromatic carbocycles. The van der Waals surface area contributed by atoms with Crippen LogP contribution in [0.1, 0.15) is 49.4 Å². The van der Waals surface area contributed by atoms with Crippen molar-refractivity contribution < 1.29 is 14.1 Å². The van der Waals surface area contributed by atoms with E-state index >= 15 is 0 Å². The fourth-order valence-electron chi connectivity index (χ4n) is 3.00. The predicted octanol–water partition coefficient (Wildman–Crippen LogP) is 2.69. The molecular weight excluding hydrogens is 400 g/mol. The molecule has 0 saturated heterocycles. The zero-order valence-electron chi connectivity index (χ0n) is 18.0. The maximum Gasteiger partial charge on any atom is 0.408 e. The van der Waals surface area contributed by atoms with E-state index in [1.54, 1.807) is 33.8 Å². The van der Waals surface area contributed by atoms with Crippen LogP contribution in [0.3, 0.4) is 0 Å². The molecule has 164 valence electrons. The first kappa shape index (κ1) is 22.1. The summed E-state index contributed by atoms with van der Waals surface area (Å²) in [5.74, 6) is 0.410. The summed E-state index contributed by atoms with van der Waals surface area (Å²) in [5, 5.41) is 6.94. The van der Waals surface area contributed by atoms with Crippen molar-refractivity contribution in [1.29, 1.82) is 0 Å². The van der Waals surface area contributed by atoms with E-state index in [4.69, 9.17) is 9.26 Å². The van der Waals surface area contributed by atoms with Crippen LogP contribution in [0.15, 0.2) is 56.7 Å². The monoisotopic (exact) mass is 426 g/mol. The van der Waals surface area contributed by atoms with Crippen LogP contribution in [0.4, 0.5) is 4.79 Å². The van der Waals surface area contributed by atoms with Gasteiger partial charge in [0.05, 0.1) is 12.6 Å². The molecule has 0 unspecified atom stereocenters. The average molecular weight is 426 g/mol. The minimum Gasteiger partial charge on any atom is -0.444 e. The van der Waals surface area contributed by atoms with Crippen molar-refractivity contribution in [2.45, 2.75) is 52.3 Å². The largest absolute Gasteiger partial charge is 0.444 e. The Morgan fingerprint density at radius 3 is 2.65 bits per heavy atom. The fourth-order valence-corrected chi connectivity index (χ4v) is 3.00. The zero-order valence-corrected chi connectivity index (χ0v) is 18.0. The molecule has 9 nitrogen and oxygen atoms in total. The first-order chi connectivity index (χ1) is 14.6. The van der Waals surface area contributed by atoms with Crippen molar-refractivity contribution >= 4 is 6.09 Å². The third-order valence-corrected chi connectivity index (χ3v) is 4.42. The van der Waals surface area contributed by atoms with Crippen LogP contribution in [0.5, 0.6) is 0 Å². The smallest absolute Gasteiger partial charge is 0.408 e. The standard InChI is InChI=1S/C22H26N4O5/c1-14-12-26(20(28)24-19(14)27)13-16-11-18(25-31-16)17(10-15-8-6-5-7-9-15)23-21(29)30-22(2,3)4/h5-9,11-12,17H,10,13H2,1-4H3,(H,23,29)(H,24,27,28)/t17-/m0/s1. The molecule has 0 aliphatic rings. The number of carbonyl (C=O) groups excluding carboxylic acids is 1. The maximum absolute atomic E-state index is 12.4. The number of alkyl carbamates (subject to hydrolysis) is 1. The van der Waals surface area contributed by atoms with Crippen molar-refractivity contribution in [2.75, 3.05) is 0 Å². The van der Waals surface area contributed by atoms with Crippen LogP contribution in [0.25, 0.3) is 0 Å². The highest BCUT2D eigenvalue weighted by atomic mass is 16.6. The molecule has 2 heterocycles. The van der Waals surface area contributed by atoms with Gasteiger partial charge in [0.25, 0.3) is 5.56 Å². The van der Waals surface area contributed by atoms with Crippen LogP contribution in [0, 0.1) is 6.92 Å². The predicted molar refractivity (Wildman–Crippen MR) is 114 cm³/mol. The summed E-state index contributed by atoms with van der Waals surface area (Å²) in [6.07, 6.45) is 1.37. The lowest BCUT2D eigenvalue weighted by Gasteiger charge is -2.22. The molecule has 0 saturated carbocycles. The van der Waals surface area contributed by atoms with E-state index < -0.39 is 29.0 Å². The van der Waals surface area contributed by atoms with E-state index in [-0.39, 0.29) is 6.54 Å². The van der Waals surface area contributed by atoms with E-state index in [2.05, 4.69) is 15.5 Å². The second-order valence-corrected chi connectivity index (χ2v) is 8.31. The molecule has 3 rings (SSSR count). The minimum atomic E-state index is -0.639. The number of hydrogen-bond acceptors (Lipinski definition) is 6. The van der Waals surface area contributed by atoms with Gasteiger partial charge in [-0.3, -0.25) is 14.3 Å². The number of aromatic nitrogens is 3. The van der Waals surface area contributed by atoms with Crippen molar-refractivity contribution in [3.63, 3.8) is 0 Å². The van der Waals surface area contributed by atoms with Gasteiger partial charge in [0.2, 0.25) is 0 Å². The molecule has 0 fully saturated rings. The topological polar surface area (TPSA) is 119 Å². The molecule has 3 aromatic rings. The van der Waals surface area contributed by atoms with Gasteiger partial charge in [-0.05, 0) is 39.7 Å². The number of nitrogens with zero attached hydrogens (tertiary/aromatic N) is 2. The Balaban J connectivity index is 1.83. The molecular formula is C22H26N4O5. The number of aryl methyl sites for hydroxylation is 1. The second-order valence-electron chi connectivity index (χ2n) is 8.31. The van der Waals surface area contributed by atoms with Crippen LogP contribution in [0.2, 0.25) is 0 Å². The van der Waals surface area contributed by atoms with Gasteiger partial charge in [-0.2, -0.15) is 0 Å². The number of hydrogen-bond donors (Lipinski definition) is 2. The Morgan fingerprint density at radius 2 is 1.97 bits per heavy atom. The lowest BCUT2D eigenvalue weighted by atomic mass is 10.0. The van der Waals surface area contributed by atoms with E-state index in [0.29, 0.717) is 23.4 Å². The quantitative estimate of drug-likeness (QED) is 0.625. The Hall–Kier alpha value is -3.62. The third-order valence-electron chi connectivity index (χ3n) is 4.42. The van der Waals surface area contributed by atoms with Gasteiger partial charge >= 0.3 is 11.8 Å². The lowest BCUT2D eigenvalue weighted by molar-refractivity contribution is 0.0501. The number of nitrogens with one attached hydrogen (secondary N) is 2. The van der Waals surface area contributed by atoms with Crippen molar-refractivity contribution in [3.05, 3.63) is 86.0 Å². The fraction of sp³-hybridized carbons (Fsp3) is 0.364. The average Bonchev–Trinajstić information content (AvgIpc) is 3.13. The van der Waals surface area contributed by atoms with Gasteiger partial charge in [-0.15, -0.1) is 0 Å². The molecule has 0 spiro atoms. The number of carbonyl (C=O) groups is 1. The Bertz CT molecular complexity index is 1150. The Labute approximate surface area is 179 Å². The Morgan fingerprint density at radius 1 is 1.26 bits per heavy atom. The van der Waals surface area contributed by atoms with E-state index in [9.17, 15) is 14.4 Å². The normalized spacial score (nSPS) is 12.4. The van der Waals surface area contributed by atoms with Crippen LogP contribution in [-0.2, 0) is 17.7 Å². The molecule has 9 heteroatoms. The highest BCUT2D eigenvalue weighted by Gasteiger charge is 2.23. The van der Waals surface area contributed by atoms with Gasteiger partial charge in [0.15, 0.2) is 5.76 Å². The summed E-state index contributed by atoms with van der Waals surface area (Å²) in [6, 6.07) is 10.8. The zero-order chi connectivity index (χ0) is 22.6. The summed E-state index contributed by atoms with van der Waals surface area (Å²) in [7, 11) is 0. The summed E-state index contributed by atoms with van der Waals surface area (Å²) in [5.41, 5.74) is 0.303. The summed E-state index contributed by atoms with van der Waals surface area (Å²) in [4.78, 5) is 38.2.